The van der Waals surface area contributed by atoms with Crippen molar-refractivity contribution in [3.8, 4) is 6.07 Å². The van der Waals surface area contributed by atoms with E-state index in [1.165, 1.54) is 0 Å². The summed E-state index contributed by atoms with van der Waals surface area (Å²) in [5, 5.41) is 11.0. The Morgan fingerprint density at radius 2 is 2.36 bits per heavy atom. The lowest BCUT2D eigenvalue weighted by molar-refractivity contribution is -0.198. The average molecular weight is 194 g/mol. The van der Waals surface area contributed by atoms with Crippen LogP contribution in [0.3, 0.4) is 0 Å². The van der Waals surface area contributed by atoms with E-state index in [1.807, 2.05) is 6.07 Å². The molecule has 0 bridgehead atoms. The number of carbonyl (C=O) groups excluding carboxylic acids is 2. The molecule has 0 saturated carbocycles. The van der Waals surface area contributed by atoms with Crippen LogP contribution in [0.15, 0.2) is 0 Å². The van der Waals surface area contributed by atoms with Crippen molar-refractivity contribution in [1.82, 2.24) is 5.32 Å². The van der Waals surface area contributed by atoms with Gasteiger partial charge in [0.15, 0.2) is 11.6 Å². The highest BCUT2D eigenvalue weighted by molar-refractivity contribution is 5.97. The molecule has 0 aliphatic carbocycles. The van der Waals surface area contributed by atoms with E-state index in [1.54, 1.807) is 6.92 Å². The molecule has 0 aromatic heterocycles. The molecule has 0 aromatic carbocycles. The maximum atomic E-state index is 11.4. The van der Waals surface area contributed by atoms with Gasteiger partial charge >= 0.3 is 5.97 Å². The number of nitrogens with one attached hydrogen (secondary N) is 1. The third-order valence-electron chi connectivity index (χ3n) is 2.97. The summed E-state index contributed by atoms with van der Waals surface area (Å²) in [5.41, 5.74) is -0.717. The van der Waals surface area contributed by atoms with Crippen LogP contribution in [0.1, 0.15) is 19.8 Å². The van der Waals surface area contributed by atoms with Crippen molar-refractivity contribution in [3.05, 3.63) is 0 Å². The number of fused-ring (bicyclic) bond motifs is 1. The van der Waals surface area contributed by atoms with Crippen LogP contribution >= 0.6 is 0 Å². The van der Waals surface area contributed by atoms with Gasteiger partial charge < -0.3 is 10.1 Å². The predicted molar refractivity (Wildman–Crippen MR) is 44.8 cm³/mol. The van der Waals surface area contributed by atoms with E-state index in [9.17, 15) is 9.59 Å². The van der Waals surface area contributed by atoms with E-state index in [0.29, 0.717) is 12.8 Å². The van der Waals surface area contributed by atoms with Gasteiger partial charge in [0.25, 0.3) is 0 Å². The first-order valence-electron chi connectivity index (χ1n) is 4.50. The zero-order chi connectivity index (χ0) is 10.3. The molecule has 2 heterocycles. The number of rotatable bonds is 2. The molecule has 2 saturated heterocycles. The summed E-state index contributed by atoms with van der Waals surface area (Å²) in [6, 6.07) is 1.48. The summed E-state index contributed by atoms with van der Waals surface area (Å²) in [6.45, 7) is 1.74. The fraction of sp³-hybridized carbons (Fsp3) is 0.667. The van der Waals surface area contributed by atoms with Gasteiger partial charge in [0.1, 0.15) is 0 Å². The van der Waals surface area contributed by atoms with Crippen molar-refractivity contribution in [1.29, 1.82) is 5.26 Å². The van der Waals surface area contributed by atoms with Crippen LogP contribution in [0.25, 0.3) is 0 Å². The first kappa shape index (κ1) is 9.00. The third-order valence-corrected chi connectivity index (χ3v) is 2.97. The van der Waals surface area contributed by atoms with Gasteiger partial charge in [0, 0.05) is 6.42 Å². The number of esters is 1. The molecule has 0 spiro atoms. The predicted octanol–water partition coefficient (Wildman–Crippen LogP) is -0.280. The van der Waals surface area contributed by atoms with Gasteiger partial charge in [-0.25, -0.2) is 4.79 Å². The number of nitrogens with zero attached hydrogens (tertiary/aromatic N) is 1. The lowest BCUT2D eigenvalue weighted by atomic mass is 9.80. The molecular weight excluding hydrogens is 184 g/mol. The van der Waals surface area contributed by atoms with E-state index < -0.39 is 11.6 Å². The van der Waals surface area contributed by atoms with Gasteiger partial charge in [-0.2, -0.15) is 5.26 Å². The Morgan fingerprint density at radius 1 is 1.64 bits per heavy atom. The molecule has 5 heteroatoms. The summed E-state index contributed by atoms with van der Waals surface area (Å²) in [5.74, 6) is -0.927. The van der Waals surface area contributed by atoms with Crippen LogP contribution < -0.4 is 5.32 Å². The molecule has 2 rings (SSSR count). The van der Waals surface area contributed by atoms with Gasteiger partial charge in [-0.05, 0) is 13.3 Å². The van der Waals surface area contributed by atoms with Crippen LogP contribution in [-0.2, 0) is 14.3 Å². The molecule has 2 fully saturated rings. The third kappa shape index (κ3) is 0.939. The van der Waals surface area contributed by atoms with E-state index in [2.05, 4.69) is 5.32 Å². The van der Waals surface area contributed by atoms with Crippen molar-refractivity contribution in [3.63, 3.8) is 0 Å². The summed E-state index contributed by atoms with van der Waals surface area (Å²) in [7, 11) is 0. The molecule has 5 nitrogen and oxygen atoms in total. The van der Waals surface area contributed by atoms with Crippen molar-refractivity contribution in [2.24, 2.45) is 5.92 Å². The number of amides is 1. The van der Waals surface area contributed by atoms with E-state index in [-0.39, 0.29) is 17.8 Å². The minimum Gasteiger partial charge on any atom is -0.454 e. The lowest BCUT2D eigenvalue weighted by Crippen LogP contribution is -2.62. The molecule has 1 amide bonds. The van der Waals surface area contributed by atoms with Crippen molar-refractivity contribution < 1.29 is 14.3 Å². The molecule has 1 N–H and O–H groups in total. The molecule has 74 valence electrons. The number of hydrogen-bond donors (Lipinski definition) is 1. The van der Waals surface area contributed by atoms with Crippen molar-refractivity contribution in [2.45, 2.75) is 31.4 Å². The zero-order valence-corrected chi connectivity index (χ0v) is 7.74. The van der Waals surface area contributed by atoms with Crippen LogP contribution in [-0.4, -0.2) is 23.5 Å². The molecule has 2 aliphatic rings. The van der Waals surface area contributed by atoms with Gasteiger partial charge in [0.2, 0.25) is 5.91 Å². The second kappa shape index (κ2) is 2.71. The highest BCUT2D eigenvalue weighted by Crippen LogP contribution is 2.42. The SMILES string of the molecule is C[C@@]12OC(=O)[C@@H]1NC(=O)[C@@H]2CCC#N. The molecule has 0 radical (unpaired) electrons. The summed E-state index contributed by atoms with van der Waals surface area (Å²) in [4.78, 5) is 22.4. The molecule has 0 aromatic rings. The Hall–Kier alpha value is -1.57. The smallest absolute Gasteiger partial charge is 0.333 e. The number of hydrogen-bond acceptors (Lipinski definition) is 4. The van der Waals surface area contributed by atoms with Crippen LogP contribution in [0.4, 0.5) is 0 Å². The fourth-order valence-electron chi connectivity index (χ4n) is 2.11. The highest BCUT2D eigenvalue weighted by atomic mass is 16.6. The fourth-order valence-corrected chi connectivity index (χ4v) is 2.11. The summed E-state index contributed by atoms with van der Waals surface area (Å²) >= 11 is 0. The maximum Gasteiger partial charge on any atom is 0.333 e. The first-order valence-corrected chi connectivity index (χ1v) is 4.50. The number of nitriles is 1. The van der Waals surface area contributed by atoms with Crippen molar-refractivity contribution >= 4 is 11.9 Å². The largest absolute Gasteiger partial charge is 0.454 e. The van der Waals surface area contributed by atoms with Crippen LogP contribution in [0, 0.1) is 17.2 Å². The summed E-state index contributed by atoms with van der Waals surface area (Å²) < 4.78 is 5.00. The van der Waals surface area contributed by atoms with Gasteiger partial charge in [-0.1, -0.05) is 0 Å². The number of carbonyl (C=O) groups is 2. The second-order valence-electron chi connectivity index (χ2n) is 3.80. The van der Waals surface area contributed by atoms with E-state index in [0.717, 1.165) is 0 Å². The molecule has 3 atom stereocenters. The monoisotopic (exact) mass is 194 g/mol. The lowest BCUT2D eigenvalue weighted by Gasteiger charge is -2.41. The molecule has 2 aliphatic heterocycles. The zero-order valence-electron chi connectivity index (χ0n) is 7.74. The quantitative estimate of drug-likeness (QED) is 0.613. The molecule has 14 heavy (non-hydrogen) atoms. The Labute approximate surface area is 81.0 Å². The van der Waals surface area contributed by atoms with E-state index in [4.69, 9.17) is 10.00 Å². The Morgan fingerprint density at radius 3 is 2.86 bits per heavy atom. The Kier molecular flexibility index (Phi) is 1.74. The summed E-state index contributed by atoms with van der Waals surface area (Å²) in [6.07, 6.45) is 0.751. The Bertz CT molecular complexity index is 346. The minimum atomic E-state index is -0.717. The second-order valence-corrected chi connectivity index (χ2v) is 3.80. The Balaban J connectivity index is 2.14. The average Bonchev–Trinajstić information content (AvgIpc) is 2.33. The van der Waals surface area contributed by atoms with Gasteiger partial charge in [0.05, 0.1) is 12.0 Å². The highest BCUT2D eigenvalue weighted by Gasteiger charge is 2.65. The van der Waals surface area contributed by atoms with E-state index >= 15 is 0 Å². The normalized spacial score (nSPS) is 39.1. The van der Waals surface area contributed by atoms with Gasteiger partial charge in [-0.15, -0.1) is 0 Å². The van der Waals surface area contributed by atoms with Gasteiger partial charge in [-0.3, -0.25) is 4.79 Å². The number of ether oxygens (including phenoxy) is 1. The van der Waals surface area contributed by atoms with Crippen LogP contribution in [0.2, 0.25) is 0 Å². The standard InChI is InChI=1S/C9H10N2O3/c1-9-5(3-2-4-10)7(12)11-6(9)8(13)14-9/h5-6H,2-3H2,1H3,(H,11,12)/t5-,6-,9-/m0/s1. The van der Waals surface area contributed by atoms with Crippen molar-refractivity contribution in [2.75, 3.05) is 0 Å². The minimum absolute atomic E-state index is 0.182. The first-order chi connectivity index (χ1) is 6.59. The van der Waals surface area contributed by atoms with Crippen LogP contribution in [0.5, 0.6) is 0 Å². The molecular formula is C9H10N2O3. The molecule has 0 unspecified atom stereocenters. The maximum absolute atomic E-state index is 11.4. The topological polar surface area (TPSA) is 79.2 Å².